The Morgan fingerprint density at radius 1 is 1.10 bits per heavy atom. The zero-order valence-corrected chi connectivity index (χ0v) is 25.2. The quantitative estimate of drug-likeness (QED) is 0.398. The van der Waals surface area contributed by atoms with Gasteiger partial charge in [-0.3, -0.25) is 9.36 Å². The van der Waals surface area contributed by atoms with E-state index in [0.29, 0.717) is 52.7 Å². The lowest BCUT2D eigenvalue weighted by Crippen LogP contribution is -2.36. The highest BCUT2D eigenvalue weighted by Crippen LogP contribution is 2.32. The largest absolute Gasteiger partial charge is 0.481 e. The third-order valence-electron chi connectivity index (χ3n) is 8.37. The van der Waals surface area contributed by atoms with Crippen LogP contribution in [0, 0.1) is 5.92 Å². The normalized spacial score (nSPS) is 20.8. The average Bonchev–Trinajstić information content (AvgIpc) is 2.97. The van der Waals surface area contributed by atoms with Crippen molar-refractivity contribution in [2.45, 2.75) is 58.0 Å². The van der Waals surface area contributed by atoms with Crippen molar-refractivity contribution in [2.24, 2.45) is 10.9 Å². The number of likely N-dealkylation sites (tertiary alicyclic amines) is 1. The van der Waals surface area contributed by atoms with Crippen molar-refractivity contribution in [3.8, 4) is 11.1 Å². The molecule has 0 saturated carbocycles. The van der Waals surface area contributed by atoms with Crippen LogP contribution in [-0.2, 0) is 16.0 Å². The highest BCUT2D eigenvalue weighted by atomic mass is 35.5. The van der Waals surface area contributed by atoms with Gasteiger partial charge in [0.1, 0.15) is 5.65 Å². The molecule has 1 unspecified atom stereocenters. The number of halogens is 1. The summed E-state index contributed by atoms with van der Waals surface area (Å²) < 4.78 is 13.0. The zero-order valence-electron chi connectivity index (χ0n) is 24.4. The number of aromatic nitrogens is 3. The van der Waals surface area contributed by atoms with Gasteiger partial charge in [0, 0.05) is 72.6 Å². The Kier molecular flexibility index (Phi) is 8.88. The minimum Gasteiger partial charge on any atom is -0.481 e. The molecule has 5 heterocycles. The number of fused-ring (bicyclic) bond motifs is 1. The topological polar surface area (TPSA) is 93.9 Å². The second-order valence-corrected chi connectivity index (χ2v) is 12.1. The monoisotopic (exact) mass is 590 g/mol. The second-order valence-electron chi connectivity index (χ2n) is 11.7. The van der Waals surface area contributed by atoms with Crippen LogP contribution in [0.1, 0.15) is 51.0 Å². The number of allylic oxidation sites excluding steroid dienone is 1. The first-order valence-electron chi connectivity index (χ1n) is 15.1. The predicted molar refractivity (Wildman–Crippen MR) is 168 cm³/mol. The van der Waals surface area contributed by atoms with Gasteiger partial charge in [-0.25, -0.2) is 9.98 Å². The summed E-state index contributed by atoms with van der Waals surface area (Å²) in [4.78, 5) is 30.8. The Bertz CT molecular complexity index is 1560. The summed E-state index contributed by atoms with van der Waals surface area (Å²) in [5, 5.41) is 4.78. The maximum absolute atomic E-state index is 14.2. The minimum absolute atomic E-state index is 0.0893. The third-order valence-corrected chi connectivity index (χ3v) is 8.69. The number of hydrogen-bond acceptors (Lipinski definition) is 8. The predicted octanol–water partition coefficient (Wildman–Crippen LogP) is 5.61. The van der Waals surface area contributed by atoms with E-state index in [9.17, 15) is 4.79 Å². The smallest absolute Gasteiger partial charge is 0.260 e. The van der Waals surface area contributed by atoms with Crippen molar-refractivity contribution < 1.29 is 9.47 Å². The number of nitrogens with one attached hydrogen (secondary N) is 1. The van der Waals surface area contributed by atoms with Gasteiger partial charge in [-0.1, -0.05) is 29.8 Å². The van der Waals surface area contributed by atoms with Crippen molar-refractivity contribution in [1.29, 1.82) is 0 Å². The molecule has 0 aliphatic carbocycles. The Morgan fingerprint density at radius 3 is 2.76 bits per heavy atom. The van der Waals surface area contributed by atoms with E-state index in [1.165, 1.54) is 0 Å². The van der Waals surface area contributed by atoms with Crippen LogP contribution in [0.3, 0.4) is 0 Å². The molecule has 9 nitrogen and oxygen atoms in total. The Hall–Kier alpha value is -3.27. The van der Waals surface area contributed by atoms with Crippen molar-refractivity contribution in [3.63, 3.8) is 0 Å². The summed E-state index contributed by atoms with van der Waals surface area (Å²) in [6, 6.07) is 7.93. The SMILES string of the molecule is CC1=NC(c2ccc(-c3cc4cnc(NC5CCOCC5)nc4n(CC4CCCN(C)C4)c3=O)c(Cl)c2)=CCCCO1. The lowest BCUT2D eigenvalue weighted by Gasteiger charge is -2.30. The molecule has 222 valence electrons. The molecule has 42 heavy (non-hydrogen) atoms. The molecule has 3 aliphatic rings. The minimum atomic E-state index is -0.0893. The Labute approximate surface area is 251 Å². The van der Waals surface area contributed by atoms with Gasteiger partial charge in [0.05, 0.1) is 12.3 Å². The molecule has 10 heteroatoms. The van der Waals surface area contributed by atoms with E-state index in [1.807, 2.05) is 42.0 Å². The van der Waals surface area contributed by atoms with E-state index >= 15 is 0 Å². The molecule has 3 aliphatic heterocycles. The molecule has 3 aromatic rings. The molecule has 6 rings (SSSR count). The molecule has 1 atom stereocenters. The van der Waals surface area contributed by atoms with Crippen LogP contribution in [0.4, 0.5) is 5.95 Å². The van der Waals surface area contributed by atoms with Gasteiger partial charge < -0.3 is 19.7 Å². The van der Waals surface area contributed by atoms with E-state index in [2.05, 4.69) is 33.3 Å². The fourth-order valence-electron chi connectivity index (χ4n) is 6.16. The van der Waals surface area contributed by atoms with Gasteiger partial charge in [-0.05, 0) is 70.2 Å². The van der Waals surface area contributed by atoms with Gasteiger partial charge in [0.25, 0.3) is 5.56 Å². The van der Waals surface area contributed by atoms with Gasteiger partial charge in [-0.15, -0.1) is 0 Å². The summed E-state index contributed by atoms with van der Waals surface area (Å²) in [5.41, 5.74) is 3.52. The fraction of sp³-hybridized carbons (Fsp3) is 0.500. The van der Waals surface area contributed by atoms with E-state index < -0.39 is 0 Å². The maximum atomic E-state index is 14.2. The number of anilines is 1. The third kappa shape index (κ3) is 6.53. The molecule has 1 aromatic carbocycles. The van der Waals surface area contributed by atoms with Gasteiger partial charge in [-0.2, -0.15) is 4.98 Å². The summed E-state index contributed by atoms with van der Waals surface area (Å²) >= 11 is 6.90. The lowest BCUT2D eigenvalue weighted by molar-refractivity contribution is 0.0903. The molecule has 2 fully saturated rings. The lowest BCUT2D eigenvalue weighted by atomic mass is 9.97. The van der Waals surface area contributed by atoms with E-state index in [-0.39, 0.29) is 11.6 Å². The molecule has 0 spiro atoms. The molecule has 0 amide bonds. The number of ether oxygens (including phenoxy) is 2. The fourth-order valence-corrected chi connectivity index (χ4v) is 6.44. The number of rotatable bonds is 6. The number of benzene rings is 1. The summed E-state index contributed by atoms with van der Waals surface area (Å²) in [6.07, 6.45) is 9.76. The first-order chi connectivity index (χ1) is 20.4. The van der Waals surface area contributed by atoms with Crippen LogP contribution >= 0.6 is 11.6 Å². The van der Waals surface area contributed by atoms with E-state index in [1.54, 1.807) is 0 Å². The van der Waals surface area contributed by atoms with Crippen molar-refractivity contribution in [3.05, 3.63) is 57.5 Å². The standard InChI is InChI=1S/C32H39ClN6O3/c1-21-35-29(7-3-4-13-42-21)23-8-9-26(28(33)17-23)27-16-24-18-34-32(36-25-10-14-41-15-11-25)37-30(24)39(31(27)40)20-22-6-5-12-38(2)19-22/h7-9,16-18,22,25H,3-6,10-15,19-20H2,1-2H3,(H,34,36,37). The summed E-state index contributed by atoms with van der Waals surface area (Å²) in [7, 11) is 2.14. The number of piperidine rings is 1. The van der Waals surface area contributed by atoms with Crippen LogP contribution in [-0.4, -0.2) is 71.3 Å². The van der Waals surface area contributed by atoms with Crippen molar-refractivity contribution >= 4 is 40.2 Å². The molecular formula is C32H39ClN6O3. The molecule has 2 aromatic heterocycles. The van der Waals surface area contributed by atoms with Crippen LogP contribution in [0.15, 0.2) is 46.3 Å². The van der Waals surface area contributed by atoms with Gasteiger partial charge in [0.15, 0.2) is 5.90 Å². The number of hydrogen-bond donors (Lipinski definition) is 1. The first kappa shape index (κ1) is 28.8. The molecular weight excluding hydrogens is 552 g/mol. The Balaban J connectivity index is 1.40. The average molecular weight is 591 g/mol. The van der Waals surface area contributed by atoms with Crippen molar-refractivity contribution in [2.75, 3.05) is 45.3 Å². The zero-order chi connectivity index (χ0) is 29.1. The summed E-state index contributed by atoms with van der Waals surface area (Å²) in [5.74, 6) is 1.54. The van der Waals surface area contributed by atoms with Crippen LogP contribution in [0.5, 0.6) is 0 Å². The van der Waals surface area contributed by atoms with Crippen LogP contribution in [0.2, 0.25) is 5.02 Å². The molecule has 0 bridgehead atoms. The molecule has 0 radical (unpaired) electrons. The van der Waals surface area contributed by atoms with Crippen LogP contribution < -0.4 is 10.9 Å². The first-order valence-corrected chi connectivity index (χ1v) is 15.4. The Morgan fingerprint density at radius 2 is 1.95 bits per heavy atom. The van der Waals surface area contributed by atoms with Gasteiger partial charge in [0.2, 0.25) is 5.95 Å². The molecule has 1 N–H and O–H groups in total. The van der Waals surface area contributed by atoms with Gasteiger partial charge >= 0.3 is 0 Å². The second kappa shape index (κ2) is 12.9. The number of pyridine rings is 1. The maximum Gasteiger partial charge on any atom is 0.260 e. The van der Waals surface area contributed by atoms with Crippen molar-refractivity contribution in [1.82, 2.24) is 19.4 Å². The molecule has 2 saturated heterocycles. The highest BCUT2D eigenvalue weighted by molar-refractivity contribution is 6.33. The summed E-state index contributed by atoms with van der Waals surface area (Å²) in [6.45, 7) is 6.62. The van der Waals surface area contributed by atoms with E-state index in [4.69, 9.17) is 26.1 Å². The highest BCUT2D eigenvalue weighted by Gasteiger charge is 2.23. The van der Waals surface area contributed by atoms with Crippen LogP contribution in [0.25, 0.3) is 27.9 Å². The van der Waals surface area contributed by atoms with E-state index in [0.717, 1.165) is 81.5 Å². The number of aliphatic imine (C=N–C) groups is 1. The number of nitrogens with zero attached hydrogens (tertiary/aromatic N) is 5.